The average molecular weight is 441 g/mol. The van der Waals surface area contributed by atoms with E-state index >= 15 is 0 Å². The zero-order valence-corrected chi connectivity index (χ0v) is 18.3. The van der Waals surface area contributed by atoms with Crippen LogP contribution in [0.15, 0.2) is 30.5 Å². The van der Waals surface area contributed by atoms with Gasteiger partial charge in [0, 0.05) is 23.8 Å². The van der Waals surface area contributed by atoms with E-state index in [1.54, 1.807) is 6.20 Å². The van der Waals surface area contributed by atoms with Gasteiger partial charge < -0.3 is 10.0 Å². The van der Waals surface area contributed by atoms with Crippen molar-refractivity contribution in [2.45, 2.75) is 40.2 Å². The molecule has 0 saturated carbocycles. The molecule has 2 aromatic rings. The fourth-order valence-corrected chi connectivity index (χ4v) is 3.58. The first-order valence-corrected chi connectivity index (χ1v) is 10.3. The number of alkyl halides is 1. The number of anilines is 2. The van der Waals surface area contributed by atoms with Gasteiger partial charge in [-0.3, -0.25) is 0 Å². The van der Waals surface area contributed by atoms with Crippen LogP contribution in [0.3, 0.4) is 0 Å². The lowest BCUT2D eigenvalue weighted by Gasteiger charge is -2.33. The van der Waals surface area contributed by atoms with Gasteiger partial charge in [-0.15, -0.1) is 0 Å². The summed E-state index contributed by atoms with van der Waals surface area (Å²) in [6.07, 6.45) is 1.67. The van der Waals surface area contributed by atoms with E-state index in [1.165, 1.54) is 0 Å². The van der Waals surface area contributed by atoms with Gasteiger partial charge in [0.05, 0.1) is 5.60 Å². The molecule has 1 N–H and O–H groups in total. The summed E-state index contributed by atoms with van der Waals surface area (Å²) in [4.78, 5) is 10.5. The molecule has 0 spiro atoms. The van der Waals surface area contributed by atoms with Crippen LogP contribution in [0, 0.1) is 18.8 Å². The maximum atomic E-state index is 11.1. The Balaban J connectivity index is 2.56. The third-order valence-electron chi connectivity index (χ3n) is 4.71. The maximum absolute atomic E-state index is 11.1. The lowest BCUT2D eigenvalue weighted by molar-refractivity contribution is 0.0115. The van der Waals surface area contributed by atoms with Crippen LogP contribution in [0.4, 0.5) is 11.5 Å². The summed E-state index contributed by atoms with van der Waals surface area (Å²) in [6.45, 7) is 11.1. The molecular weight excluding hydrogens is 414 g/mol. The zero-order valence-electron chi connectivity index (χ0n) is 16.0. The third kappa shape index (κ3) is 4.76. The van der Waals surface area contributed by atoms with Crippen molar-refractivity contribution in [3.63, 3.8) is 0 Å². The number of aromatic nitrogens is 2. The van der Waals surface area contributed by atoms with Gasteiger partial charge >= 0.3 is 0 Å². The summed E-state index contributed by atoms with van der Waals surface area (Å²) in [5, 5.41) is 12.0. The molecule has 1 aromatic heterocycles. The molecule has 4 nitrogen and oxygen atoms in total. The Bertz CT molecular complexity index is 752. The van der Waals surface area contributed by atoms with Crippen LogP contribution < -0.4 is 4.90 Å². The lowest BCUT2D eigenvalue weighted by atomic mass is 9.84. The molecule has 0 aliphatic heterocycles. The number of aliphatic hydroxyl groups is 1. The van der Waals surface area contributed by atoms with E-state index in [9.17, 15) is 5.11 Å². The summed E-state index contributed by atoms with van der Waals surface area (Å²) in [5.41, 5.74) is 2.09. The Morgan fingerprint density at radius 1 is 1.27 bits per heavy atom. The molecular formula is C20H27BrClN3O. The minimum atomic E-state index is -0.932. The number of benzene rings is 1. The van der Waals surface area contributed by atoms with E-state index in [1.807, 2.05) is 26.0 Å². The first-order valence-electron chi connectivity index (χ1n) is 8.82. The summed E-state index contributed by atoms with van der Waals surface area (Å²) in [6, 6.07) is 7.97. The van der Waals surface area contributed by atoms with Crippen LogP contribution in [-0.4, -0.2) is 26.9 Å². The van der Waals surface area contributed by atoms with Crippen molar-refractivity contribution in [2.24, 2.45) is 11.8 Å². The molecule has 1 aromatic carbocycles. The molecule has 6 heteroatoms. The largest absolute Gasteiger partial charge is 0.385 e. The predicted octanol–water partition coefficient (Wildman–Crippen LogP) is 5.47. The number of hydrogen-bond acceptors (Lipinski definition) is 4. The van der Waals surface area contributed by atoms with Crippen LogP contribution in [0.2, 0.25) is 5.28 Å². The van der Waals surface area contributed by atoms with E-state index in [4.69, 9.17) is 11.6 Å². The minimum Gasteiger partial charge on any atom is -0.385 e. The van der Waals surface area contributed by atoms with Gasteiger partial charge in [-0.25, -0.2) is 9.97 Å². The third-order valence-corrected chi connectivity index (χ3v) is 5.86. The Labute approximate surface area is 169 Å². The molecule has 2 atom stereocenters. The van der Waals surface area contributed by atoms with Gasteiger partial charge in [-0.1, -0.05) is 48.8 Å². The summed E-state index contributed by atoms with van der Waals surface area (Å²) < 4.78 is 0. The van der Waals surface area contributed by atoms with Gasteiger partial charge in [0.15, 0.2) is 0 Å². The van der Waals surface area contributed by atoms with Gasteiger partial charge in [0.2, 0.25) is 5.28 Å². The van der Waals surface area contributed by atoms with E-state index in [0.717, 1.165) is 34.5 Å². The molecule has 0 fully saturated rings. The SMILES string of the molecule is Cc1ccc(C(C)(O)C(C)CBr)cc1N(CC(C)C)c1ccnc(Cl)n1. The van der Waals surface area contributed by atoms with Crippen molar-refractivity contribution in [3.8, 4) is 0 Å². The molecule has 142 valence electrons. The number of aryl methyl sites for hydroxylation is 1. The van der Waals surface area contributed by atoms with Crippen molar-refractivity contribution in [3.05, 3.63) is 46.9 Å². The standard InChI is InChI=1S/C20H27BrClN3O/c1-13(2)12-25(18-8-9-23-19(22)24-18)17-10-16(7-6-14(17)3)20(5,26)15(4)11-21/h6-10,13,15,26H,11-12H2,1-5H3. The fourth-order valence-electron chi connectivity index (χ4n) is 2.81. The van der Waals surface area contributed by atoms with Crippen molar-refractivity contribution in [1.29, 1.82) is 0 Å². The van der Waals surface area contributed by atoms with E-state index < -0.39 is 5.60 Å². The van der Waals surface area contributed by atoms with Crippen molar-refractivity contribution in [2.75, 3.05) is 16.8 Å². The smallest absolute Gasteiger partial charge is 0.224 e. The normalized spacial score (nSPS) is 15.0. The Morgan fingerprint density at radius 3 is 2.54 bits per heavy atom. The van der Waals surface area contributed by atoms with Crippen molar-refractivity contribution >= 4 is 39.0 Å². The van der Waals surface area contributed by atoms with Crippen LogP contribution in [0.1, 0.15) is 38.8 Å². The number of hydrogen-bond donors (Lipinski definition) is 1. The minimum absolute atomic E-state index is 0.0742. The first-order chi connectivity index (χ1) is 12.2. The molecule has 1 heterocycles. The molecule has 0 saturated heterocycles. The quantitative estimate of drug-likeness (QED) is 0.458. The highest BCUT2D eigenvalue weighted by atomic mass is 79.9. The van der Waals surface area contributed by atoms with Gasteiger partial charge in [0.25, 0.3) is 0 Å². The van der Waals surface area contributed by atoms with Crippen LogP contribution in [0.5, 0.6) is 0 Å². The second-order valence-corrected chi connectivity index (χ2v) is 8.38. The average Bonchev–Trinajstić information content (AvgIpc) is 2.59. The maximum Gasteiger partial charge on any atom is 0.224 e. The highest BCUT2D eigenvalue weighted by Gasteiger charge is 2.30. The van der Waals surface area contributed by atoms with Crippen LogP contribution in [0.25, 0.3) is 0 Å². The summed E-state index contributed by atoms with van der Waals surface area (Å²) >= 11 is 9.51. The van der Waals surface area contributed by atoms with Gasteiger partial charge in [0.1, 0.15) is 5.82 Å². The monoisotopic (exact) mass is 439 g/mol. The molecule has 2 rings (SSSR count). The number of nitrogens with zero attached hydrogens (tertiary/aromatic N) is 3. The first kappa shape index (κ1) is 21.1. The highest BCUT2D eigenvalue weighted by Crippen LogP contribution is 2.36. The van der Waals surface area contributed by atoms with Crippen molar-refractivity contribution in [1.82, 2.24) is 9.97 Å². The molecule has 0 bridgehead atoms. The summed E-state index contributed by atoms with van der Waals surface area (Å²) in [7, 11) is 0. The predicted molar refractivity (Wildman–Crippen MR) is 113 cm³/mol. The Kier molecular flexibility index (Phi) is 7.05. The summed E-state index contributed by atoms with van der Waals surface area (Å²) in [5.74, 6) is 1.26. The molecule has 0 radical (unpaired) electrons. The molecule has 0 aliphatic rings. The molecule has 2 unspecified atom stereocenters. The second kappa shape index (κ2) is 8.68. The highest BCUT2D eigenvalue weighted by molar-refractivity contribution is 9.09. The van der Waals surface area contributed by atoms with Crippen molar-refractivity contribution < 1.29 is 5.11 Å². The topological polar surface area (TPSA) is 49.2 Å². The fraction of sp³-hybridized carbons (Fsp3) is 0.500. The second-order valence-electron chi connectivity index (χ2n) is 7.39. The van der Waals surface area contributed by atoms with Crippen LogP contribution >= 0.6 is 27.5 Å². The Hall–Kier alpha value is -1.17. The Morgan fingerprint density at radius 2 is 1.96 bits per heavy atom. The lowest BCUT2D eigenvalue weighted by Crippen LogP contribution is -2.31. The van der Waals surface area contributed by atoms with Gasteiger partial charge in [-0.05, 0) is 60.5 Å². The molecule has 26 heavy (non-hydrogen) atoms. The number of rotatable bonds is 7. The van der Waals surface area contributed by atoms with Crippen LogP contribution in [-0.2, 0) is 5.60 Å². The van der Waals surface area contributed by atoms with Gasteiger partial charge in [-0.2, -0.15) is 0 Å². The van der Waals surface area contributed by atoms with E-state index in [2.05, 4.69) is 63.7 Å². The zero-order chi connectivity index (χ0) is 19.5. The number of halogens is 2. The molecule has 0 amide bonds. The van der Waals surface area contributed by atoms with E-state index in [-0.39, 0.29) is 11.2 Å². The molecule has 0 aliphatic carbocycles. The van der Waals surface area contributed by atoms with E-state index in [0.29, 0.717) is 5.92 Å².